The first-order valence-corrected chi connectivity index (χ1v) is 6.21. The molecule has 1 aromatic heterocycles. The molecule has 0 radical (unpaired) electrons. The lowest BCUT2D eigenvalue weighted by Crippen LogP contribution is -2.09. The molecule has 0 aliphatic rings. The Hall–Kier alpha value is -0.160. The number of aromatic nitrogens is 1. The number of nitrogen functional groups attached to an aromatic ring is 1. The van der Waals surface area contributed by atoms with Crippen LogP contribution in [-0.4, -0.2) is 10.2 Å². The van der Waals surface area contributed by atoms with Crippen molar-refractivity contribution in [2.75, 3.05) is 5.43 Å². The largest absolute Gasteiger partial charge is 0.307 e. The molecule has 1 atom stereocenters. The van der Waals surface area contributed by atoms with Gasteiger partial charge in [0, 0.05) is 5.25 Å². The minimum atomic E-state index is 0.427. The predicted molar refractivity (Wildman–Crippen MR) is 67.7 cm³/mol. The second-order valence-corrected chi connectivity index (χ2v) is 5.33. The maximum atomic E-state index is 6.02. The zero-order chi connectivity index (χ0) is 11.4. The summed E-state index contributed by atoms with van der Waals surface area (Å²) in [5, 5.41) is 2.20. The third-order valence-corrected chi connectivity index (χ3v) is 3.88. The summed E-state index contributed by atoms with van der Waals surface area (Å²) in [6, 6.07) is 1.65. The summed E-state index contributed by atoms with van der Waals surface area (Å²) >= 11 is 13.5. The van der Waals surface area contributed by atoms with Crippen molar-refractivity contribution in [1.82, 2.24) is 4.98 Å². The molecule has 1 aromatic rings. The highest BCUT2D eigenvalue weighted by molar-refractivity contribution is 7.99. The average Bonchev–Trinajstić information content (AvgIpc) is 2.21. The predicted octanol–water partition coefficient (Wildman–Crippen LogP) is 3.56. The van der Waals surface area contributed by atoms with Crippen molar-refractivity contribution >= 4 is 40.8 Å². The summed E-state index contributed by atoms with van der Waals surface area (Å²) in [7, 11) is 0. The topological polar surface area (TPSA) is 50.9 Å². The van der Waals surface area contributed by atoms with E-state index in [1.165, 1.54) is 0 Å². The third-order valence-electron chi connectivity index (χ3n) is 1.92. The number of nitrogens with zero attached hydrogens (tertiary/aromatic N) is 1. The van der Waals surface area contributed by atoms with E-state index in [0.29, 0.717) is 21.1 Å². The molecule has 0 aromatic carbocycles. The molecule has 0 amide bonds. The highest BCUT2D eigenvalue weighted by atomic mass is 35.5. The summed E-state index contributed by atoms with van der Waals surface area (Å²) in [4.78, 5) is 4.24. The highest BCUT2D eigenvalue weighted by Gasteiger charge is 2.11. The van der Waals surface area contributed by atoms with Crippen molar-refractivity contribution in [1.29, 1.82) is 0 Å². The van der Waals surface area contributed by atoms with Crippen molar-refractivity contribution in [3.63, 3.8) is 0 Å². The van der Waals surface area contributed by atoms with Crippen molar-refractivity contribution in [3.8, 4) is 0 Å². The second kappa shape index (κ2) is 5.80. The van der Waals surface area contributed by atoms with E-state index in [9.17, 15) is 0 Å². The minimum absolute atomic E-state index is 0.427. The van der Waals surface area contributed by atoms with Gasteiger partial charge in [-0.05, 0) is 12.5 Å². The first-order chi connectivity index (χ1) is 7.08. The molecular weight excluding hydrogens is 253 g/mol. The Labute approximate surface area is 104 Å². The number of hydrogen-bond donors (Lipinski definition) is 2. The zero-order valence-electron chi connectivity index (χ0n) is 8.55. The number of pyridine rings is 1. The van der Waals surface area contributed by atoms with Gasteiger partial charge in [-0.25, -0.2) is 10.8 Å². The molecule has 1 unspecified atom stereocenters. The van der Waals surface area contributed by atoms with Gasteiger partial charge < -0.3 is 5.43 Å². The van der Waals surface area contributed by atoms with Gasteiger partial charge >= 0.3 is 0 Å². The van der Waals surface area contributed by atoms with Gasteiger partial charge in [0.2, 0.25) is 0 Å². The first kappa shape index (κ1) is 12.9. The molecule has 0 fully saturated rings. The van der Waals surface area contributed by atoms with Gasteiger partial charge in [-0.1, -0.05) is 37.0 Å². The fraction of sp³-hybridized carbons (Fsp3) is 0.444. The van der Waals surface area contributed by atoms with Crippen LogP contribution in [0.4, 0.5) is 5.82 Å². The maximum absolute atomic E-state index is 6.02. The maximum Gasteiger partial charge on any atom is 0.160 e. The number of thioether (sulfide) groups is 1. The summed E-state index contributed by atoms with van der Waals surface area (Å²) in [5.41, 5.74) is 2.44. The fourth-order valence-corrected chi connectivity index (χ4v) is 2.32. The number of halogens is 2. The normalized spacial score (nSPS) is 12.6. The Morgan fingerprint density at radius 3 is 2.73 bits per heavy atom. The number of hydrogen-bond acceptors (Lipinski definition) is 4. The average molecular weight is 266 g/mol. The minimum Gasteiger partial charge on any atom is -0.307 e. The van der Waals surface area contributed by atoms with E-state index in [1.54, 1.807) is 17.8 Å². The molecule has 6 heteroatoms. The molecule has 1 rings (SSSR count). The lowest BCUT2D eigenvalue weighted by Gasteiger charge is -2.11. The van der Waals surface area contributed by atoms with E-state index >= 15 is 0 Å². The quantitative estimate of drug-likeness (QED) is 0.497. The Kier molecular flexibility index (Phi) is 4.99. The van der Waals surface area contributed by atoms with Crippen LogP contribution in [0.5, 0.6) is 0 Å². The fourth-order valence-electron chi connectivity index (χ4n) is 0.907. The second-order valence-electron chi connectivity index (χ2n) is 3.09. The zero-order valence-corrected chi connectivity index (χ0v) is 10.9. The molecule has 3 N–H and O–H groups in total. The summed E-state index contributed by atoms with van der Waals surface area (Å²) in [6.07, 6.45) is 1.05. The van der Waals surface area contributed by atoms with Crippen molar-refractivity contribution in [2.24, 2.45) is 5.84 Å². The number of anilines is 1. The third kappa shape index (κ3) is 3.41. The first-order valence-electron chi connectivity index (χ1n) is 4.57. The molecule has 84 valence electrons. The van der Waals surface area contributed by atoms with Crippen LogP contribution in [0.1, 0.15) is 20.3 Å². The lowest BCUT2D eigenvalue weighted by molar-refractivity contribution is 0.901. The Morgan fingerprint density at radius 1 is 1.53 bits per heavy atom. The SMILES string of the molecule is CCC(C)Sc1nc(NN)c(Cl)cc1Cl. The number of rotatable bonds is 4. The van der Waals surface area contributed by atoms with Crippen LogP contribution in [0.2, 0.25) is 10.0 Å². The van der Waals surface area contributed by atoms with Gasteiger partial charge in [-0.3, -0.25) is 0 Å². The highest BCUT2D eigenvalue weighted by Crippen LogP contribution is 2.34. The van der Waals surface area contributed by atoms with Gasteiger partial charge in [0.15, 0.2) is 5.82 Å². The number of nitrogens with one attached hydrogen (secondary N) is 1. The van der Waals surface area contributed by atoms with Gasteiger partial charge in [0.25, 0.3) is 0 Å². The lowest BCUT2D eigenvalue weighted by atomic mass is 10.4. The molecule has 3 nitrogen and oxygen atoms in total. The van der Waals surface area contributed by atoms with E-state index in [-0.39, 0.29) is 0 Å². The molecule has 0 saturated carbocycles. The summed E-state index contributed by atoms with van der Waals surface area (Å²) < 4.78 is 0. The van der Waals surface area contributed by atoms with Gasteiger partial charge in [-0.2, -0.15) is 0 Å². The molecule has 0 bridgehead atoms. The van der Waals surface area contributed by atoms with E-state index in [0.717, 1.165) is 11.4 Å². The van der Waals surface area contributed by atoms with Crippen LogP contribution in [-0.2, 0) is 0 Å². The Morgan fingerprint density at radius 2 is 2.20 bits per heavy atom. The molecule has 15 heavy (non-hydrogen) atoms. The molecule has 0 spiro atoms. The smallest absolute Gasteiger partial charge is 0.160 e. The Balaban J connectivity index is 2.97. The van der Waals surface area contributed by atoms with Crippen LogP contribution in [0.3, 0.4) is 0 Å². The molecular formula is C9H13Cl2N3S. The van der Waals surface area contributed by atoms with E-state index < -0.39 is 0 Å². The van der Waals surface area contributed by atoms with Crippen LogP contribution in [0.25, 0.3) is 0 Å². The molecule has 0 aliphatic carbocycles. The summed E-state index contributed by atoms with van der Waals surface area (Å²) in [5.74, 6) is 5.73. The van der Waals surface area contributed by atoms with Crippen LogP contribution in [0, 0.1) is 0 Å². The van der Waals surface area contributed by atoms with Crippen molar-refractivity contribution in [3.05, 3.63) is 16.1 Å². The van der Waals surface area contributed by atoms with Crippen LogP contribution in [0.15, 0.2) is 11.1 Å². The molecule has 1 heterocycles. The number of nitrogens with two attached hydrogens (primary N) is 1. The Bertz CT molecular complexity index is 346. The van der Waals surface area contributed by atoms with E-state index in [2.05, 4.69) is 24.3 Å². The van der Waals surface area contributed by atoms with Crippen LogP contribution < -0.4 is 11.3 Å². The van der Waals surface area contributed by atoms with Gasteiger partial charge in [0.05, 0.1) is 10.0 Å². The van der Waals surface area contributed by atoms with E-state index in [1.807, 2.05) is 0 Å². The summed E-state index contributed by atoms with van der Waals surface area (Å²) in [6.45, 7) is 4.23. The molecule has 0 saturated heterocycles. The van der Waals surface area contributed by atoms with Gasteiger partial charge in [0.1, 0.15) is 5.03 Å². The van der Waals surface area contributed by atoms with E-state index in [4.69, 9.17) is 29.0 Å². The molecule has 0 aliphatic heterocycles. The monoisotopic (exact) mass is 265 g/mol. The standard InChI is InChI=1S/C9H13Cl2N3S/c1-3-5(2)15-9-7(11)4-6(10)8(13-9)14-12/h4-5H,3,12H2,1-2H3,(H,13,14). The number of hydrazine groups is 1. The van der Waals surface area contributed by atoms with Crippen LogP contribution >= 0.6 is 35.0 Å². The van der Waals surface area contributed by atoms with Crippen molar-refractivity contribution < 1.29 is 0 Å². The van der Waals surface area contributed by atoms with Crippen molar-refractivity contribution in [2.45, 2.75) is 30.5 Å². The van der Waals surface area contributed by atoms with Gasteiger partial charge in [-0.15, -0.1) is 11.8 Å².